The fourth-order valence-corrected chi connectivity index (χ4v) is 8.56. The second kappa shape index (κ2) is 8.60. The van der Waals surface area contributed by atoms with Crippen molar-refractivity contribution in [1.82, 2.24) is 4.48 Å². The van der Waals surface area contributed by atoms with Crippen LogP contribution in [0.2, 0.25) is 5.02 Å². The van der Waals surface area contributed by atoms with Gasteiger partial charge in [-0.15, -0.1) is 0 Å². The van der Waals surface area contributed by atoms with Crippen molar-refractivity contribution in [2.75, 3.05) is 14.2 Å². The Balaban J connectivity index is 1.90. The molecule has 0 saturated carbocycles. The first-order valence-electron chi connectivity index (χ1n) is 11.2. The smallest absolute Gasteiger partial charge is 0.186 e. The van der Waals surface area contributed by atoms with E-state index in [0.717, 1.165) is 44.3 Å². The monoisotopic (exact) mass is 485 g/mol. The quantitative estimate of drug-likeness (QED) is 0.227. The van der Waals surface area contributed by atoms with Gasteiger partial charge in [0.05, 0.1) is 32.1 Å². The van der Waals surface area contributed by atoms with Crippen LogP contribution in [0, 0.1) is 5.16 Å². The molecule has 3 nitrogen and oxygen atoms in total. The lowest BCUT2D eigenvalue weighted by molar-refractivity contribution is 0.402. The van der Waals surface area contributed by atoms with E-state index in [1.54, 1.807) is 7.11 Å². The number of quaternary nitrogens is 1. The number of fused-ring (bicyclic) bond motifs is 1. The Kier molecular flexibility index (Phi) is 5.73. The van der Waals surface area contributed by atoms with Gasteiger partial charge in [0.15, 0.2) is 17.1 Å². The molecular formula is C29H27ClN2OP+. The van der Waals surface area contributed by atoms with E-state index < -0.39 is 7.05 Å². The average Bonchev–Trinajstić information content (AvgIpc) is 3.12. The Hall–Kier alpha value is -3.10. The molecule has 1 atom stereocenters. The summed E-state index contributed by atoms with van der Waals surface area (Å²) in [4.78, 5) is 0. The molecule has 0 radical (unpaired) electrons. The SMILES string of the molecule is COc1ccc(Cl)cc1[N+]1(C)C(C)=C(P(=N)(c2ccccc2)c2ccccc2)c2ccccc21. The molecule has 0 fully saturated rings. The molecule has 1 aliphatic rings. The van der Waals surface area contributed by atoms with Crippen LogP contribution in [0.25, 0.3) is 5.31 Å². The fourth-order valence-electron chi connectivity index (χ4n) is 5.11. The first kappa shape index (κ1) is 22.7. The minimum Gasteiger partial charge on any atom is -0.491 e. The summed E-state index contributed by atoms with van der Waals surface area (Å²) in [6.07, 6.45) is 0. The topological polar surface area (TPSA) is 33.1 Å². The number of nitrogens with one attached hydrogen (secondary N) is 1. The van der Waals surface area contributed by atoms with Crippen molar-refractivity contribution in [1.29, 1.82) is 5.16 Å². The van der Waals surface area contributed by atoms with Crippen molar-refractivity contribution in [3.63, 3.8) is 0 Å². The molecule has 4 aromatic rings. The lowest BCUT2D eigenvalue weighted by Gasteiger charge is -2.32. The van der Waals surface area contributed by atoms with E-state index in [1.165, 1.54) is 0 Å². The largest absolute Gasteiger partial charge is 0.491 e. The van der Waals surface area contributed by atoms with Gasteiger partial charge in [-0.2, -0.15) is 0 Å². The maximum absolute atomic E-state index is 10.2. The van der Waals surface area contributed by atoms with Crippen molar-refractivity contribution in [2.45, 2.75) is 6.92 Å². The number of benzene rings is 4. The normalized spacial score (nSPS) is 17.5. The van der Waals surface area contributed by atoms with Crippen LogP contribution in [0.1, 0.15) is 12.5 Å². The van der Waals surface area contributed by atoms with Crippen LogP contribution >= 0.6 is 18.7 Å². The first-order valence-corrected chi connectivity index (χ1v) is 13.4. The van der Waals surface area contributed by atoms with Crippen molar-refractivity contribution in [2.24, 2.45) is 0 Å². The van der Waals surface area contributed by atoms with E-state index in [4.69, 9.17) is 16.3 Å². The summed E-state index contributed by atoms with van der Waals surface area (Å²) in [7, 11) is 1.16. The van der Waals surface area contributed by atoms with Crippen LogP contribution in [-0.2, 0) is 0 Å². The van der Waals surface area contributed by atoms with Gasteiger partial charge in [-0.25, -0.2) is 4.48 Å². The molecule has 5 heteroatoms. The van der Waals surface area contributed by atoms with Gasteiger partial charge in [-0.3, -0.25) is 0 Å². The van der Waals surface area contributed by atoms with Crippen LogP contribution < -0.4 is 19.8 Å². The first-order chi connectivity index (χ1) is 16.4. The molecule has 0 aliphatic carbocycles. The number of rotatable bonds is 5. The number of para-hydroxylation sites is 1. The average molecular weight is 486 g/mol. The van der Waals surface area contributed by atoms with Crippen LogP contribution in [-0.4, -0.2) is 14.2 Å². The number of hydrogen-bond acceptors (Lipinski definition) is 2. The molecule has 1 heterocycles. The highest BCUT2D eigenvalue weighted by atomic mass is 35.5. The van der Waals surface area contributed by atoms with Crippen LogP contribution in [0.5, 0.6) is 5.75 Å². The third-order valence-electron chi connectivity index (χ3n) is 6.90. The Morgan fingerprint density at radius 2 is 1.32 bits per heavy atom. The van der Waals surface area contributed by atoms with Crippen LogP contribution in [0.15, 0.2) is 109 Å². The van der Waals surface area contributed by atoms with Gasteiger partial charge >= 0.3 is 0 Å². The minimum absolute atomic E-state index is 0.412. The second-order valence-corrected chi connectivity index (χ2v) is 11.9. The molecule has 0 aromatic heterocycles. The third-order valence-corrected chi connectivity index (χ3v) is 10.5. The summed E-state index contributed by atoms with van der Waals surface area (Å²) in [5.41, 5.74) is 4.31. The summed E-state index contributed by atoms with van der Waals surface area (Å²) in [5, 5.41) is 14.1. The van der Waals surface area contributed by atoms with Gasteiger partial charge in [0.25, 0.3) is 0 Å². The summed E-state index contributed by atoms with van der Waals surface area (Å²) in [6, 6.07) is 34.8. The van der Waals surface area contributed by atoms with Gasteiger partial charge < -0.3 is 9.90 Å². The zero-order chi connectivity index (χ0) is 23.9. The van der Waals surface area contributed by atoms with Gasteiger partial charge in [0.2, 0.25) is 0 Å². The van der Waals surface area contributed by atoms with Crippen LogP contribution in [0.4, 0.5) is 11.4 Å². The molecule has 4 aromatic carbocycles. The van der Waals surface area contributed by atoms with E-state index in [2.05, 4.69) is 62.5 Å². The van der Waals surface area contributed by atoms with Crippen molar-refractivity contribution in [3.8, 4) is 5.75 Å². The summed E-state index contributed by atoms with van der Waals surface area (Å²) in [5.74, 6) is 0.774. The predicted molar refractivity (Wildman–Crippen MR) is 146 cm³/mol. The Bertz CT molecular complexity index is 1410. The maximum atomic E-state index is 10.2. The molecule has 0 saturated heterocycles. The van der Waals surface area contributed by atoms with Gasteiger partial charge in [-0.1, -0.05) is 84.4 Å². The molecule has 34 heavy (non-hydrogen) atoms. The number of hydrogen-bond donors (Lipinski definition) is 1. The number of methoxy groups -OCH3 is 1. The molecule has 0 bridgehead atoms. The second-order valence-electron chi connectivity index (χ2n) is 8.62. The van der Waals surface area contributed by atoms with Gasteiger partial charge in [0.1, 0.15) is 5.70 Å². The molecule has 170 valence electrons. The van der Waals surface area contributed by atoms with E-state index in [1.807, 2.05) is 54.6 Å². The number of allylic oxidation sites excluding steroid dienone is 1. The lowest BCUT2D eigenvalue weighted by Crippen LogP contribution is -2.36. The molecule has 0 spiro atoms. The maximum Gasteiger partial charge on any atom is 0.186 e. The fraction of sp³-hybridized carbons (Fsp3) is 0.103. The molecule has 1 unspecified atom stereocenters. The summed E-state index contributed by atoms with van der Waals surface area (Å²) in [6.45, 7) is 2.16. The van der Waals surface area contributed by atoms with Gasteiger partial charge in [0, 0.05) is 34.7 Å². The summed E-state index contributed by atoms with van der Waals surface area (Å²) >= 11 is 6.50. The van der Waals surface area contributed by atoms with Crippen molar-refractivity contribution >= 4 is 46.0 Å². The molecule has 0 amide bonds. The van der Waals surface area contributed by atoms with E-state index in [0.29, 0.717) is 9.51 Å². The highest BCUT2D eigenvalue weighted by Gasteiger charge is 2.48. The standard InChI is InChI=1S/C29H27ClN2OP/c1-21-29(34(31,23-12-6-4-7-13-23)24-14-8-5-9-15-24)25-16-10-11-17-26(25)32(21,2)27-20-22(30)18-19-28(27)33-3/h4-20,31H,1-3H3/q+1. The Morgan fingerprint density at radius 3 is 1.91 bits per heavy atom. The Labute approximate surface area is 206 Å². The molecule has 1 N–H and O–H groups in total. The van der Waals surface area contributed by atoms with E-state index >= 15 is 0 Å². The minimum atomic E-state index is -2.71. The lowest BCUT2D eigenvalue weighted by atomic mass is 10.1. The van der Waals surface area contributed by atoms with Crippen molar-refractivity contribution in [3.05, 3.63) is 119 Å². The number of nitrogens with zero attached hydrogens (tertiary/aromatic N) is 1. The van der Waals surface area contributed by atoms with Crippen LogP contribution in [0.3, 0.4) is 0 Å². The van der Waals surface area contributed by atoms with E-state index in [-0.39, 0.29) is 0 Å². The zero-order valence-electron chi connectivity index (χ0n) is 19.5. The summed E-state index contributed by atoms with van der Waals surface area (Å²) < 4.78 is 6.21. The van der Waals surface area contributed by atoms with Crippen molar-refractivity contribution < 1.29 is 4.74 Å². The molecule has 1 aliphatic heterocycles. The highest BCUT2D eigenvalue weighted by Crippen LogP contribution is 2.66. The molecule has 5 rings (SSSR count). The highest BCUT2D eigenvalue weighted by molar-refractivity contribution is 7.88. The third kappa shape index (κ3) is 3.27. The number of halogens is 1. The zero-order valence-corrected chi connectivity index (χ0v) is 21.1. The molecular weight excluding hydrogens is 459 g/mol. The Morgan fingerprint density at radius 1 is 0.765 bits per heavy atom. The van der Waals surface area contributed by atoms with Gasteiger partial charge in [-0.05, 0) is 18.2 Å². The van der Waals surface area contributed by atoms with E-state index in [9.17, 15) is 5.16 Å². The predicted octanol–water partition coefficient (Wildman–Crippen LogP) is 7.75. The number of ether oxygens (including phenoxy) is 1.